The van der Waals surface area contributed by atoms with Crippen molar-refractivity contribution in [1.82, 2.24) is 0 Å². The second-order valence-corrected chi connectivity index (χ2v) is 4.16. The molecule has 1 aromatic carbocycles. The number of hydrogen-bond acceptors (Lipinski definition) is 6. The fraction of sp³-hybridized carbons (Fsp3) is 0.125. The summed E-state index contributed by atoms with van der Waals surface area (Å²) in [6, 6.07) is 9.11. The van der Waals surface area contributed by atoms with Crippen LogP contribution in [0.15, 0.2) is 48.6 Å². The first kappa shape index (κ1) is 16.7. The van der Waals surface area contributed by atoms with Crippen LogP contribution in [0.3, 0.4) is 0 Å². The topological polar surface area (TPSA) is 100 Å². The molecule has 0 fully saturated rings. The summed E-state index contributed by atoms with van der Waals surface area (Å²) >= 11 is 0. The van der Waals surface area contributed by atoms with Crippen LogP contribution in [0.4, 0.5) is 0 Å². The predicted octanol–water partition coefficient (Wildman–Crippen LogP) is 2.16. The third kappa shape index (κ3) is 4.95. The van der Waals surface area contributed by atoms with Gasteiger partial charge in [-0.2, -0.15) is 10.5 Å². The molecule has 0 N–H and O–H groups in total. The van der Waals surface area contributed by atoms with Gasteiger partial charge < -0.3 is 9.47 Å². The van der Waals surface area contributed by atoms with E-state index < -0.39 is 11.9 Å². The van der Waals surface area contributed by atoms with Crippen LogP contribution in [-0.4, -0.2) is 25.2 Å². The highest BCUT2D eigenvalue weighted by atomic mass is 16.5. The maximum Gasteiger partial charge on any atom is 0.338 e. The predicted molar refractivity (Wildman–Crippen MR) is 76.5 cm³/mol. The molecule has 0 amide bonds. The van der Waals surface area contributed by atoms with Crippen LogP contribution in [0.2, 0.25) is 0 Å². The molecule has 22 heavy (non-hydrogen) atoms. The normalized spacial score (nSPS) is 9.00. The zero-order chi connectivity index (χ0) is 16.5. The molecule has 0 saturated carbocycles. The zero-order valence-corrected chi connectivity index (χ0v) is 11.7. The molecule has 0 aliphatic heterocycles. The molecule has 0 saturated heterocycles. The number of hydrogen-bond donors (Lipinski definition) is 0. The van der Waals surface area contributed by atoms with Gasteiger partial charge in [0, 0.05) is 0 Å². The van der Waals surface area contributed by atoms with Crippen LogP contribution in [0, 0.1) is 22.7 Å². The van der Waals surface area contributed by atoms with Gasteiger partial charge in [0.1, 0.15) is 13.2 Å². The average molecular weight is 296 g/mol. The van der Waals surface area contributed by atoms with Crippen LogP contribution in [0.25, 0.3) is 0 Å². The van der Waals surface area contributed by atoms with Crippen LogP contribution in [0.5, 0.6) is 0 Å². The van der Waals surface area contributed by atoms with E-state index >= 15 is 0 Å². The summed E-state index contributed by atoms with van der Waals surface area (Å²) in [5.41, 5.74) is 0.713. The Kier molecular flexibility index (Phi) is 6.09. The smallest absolute Gasteiger partial charge is 0.338 e. The third-order valence-electron chi connectivity index (χ3n) is 2.43. The SMILES string of the molecule is C=C(C#N)COC(=O)c1ccc(C(=O)OCC(=C)C#N)cc1. The van der Waals surface area contributed by atoms with Crippen molar-refractivity contribution in [2.45, 2.75) is 0 Å². The molecule has 1 rings (SSSR count). The van der Waals surface area contributed by atoms with Gasteiger partial charge in [0.2, 0.25) is 0 Å². The van der Waals surface area contributed by atoms with Gasteiger partial charge >= 0.3 is 11.9 Å². The Hall–Kier alpha value is -3.38. The molecule has 6 nitrogen and oxygen atoms in total. The molecule has 0 aliphatic rings. The first-order valence-electron chi connectivity index (χ1n) is 6.08. The summed E-state index contributed by atoms with van der Waals surface area (Å²) in [5.74, 6) is -1.26. The number of ether oxygens (including phenoxy) is 2. The summed E-state index contributed by atoms with van der Waals surface area (Å²) in [6.07, 6.45) is 0. The average Bonchev–Trinajstić information content (AvgIpc) is 2.56. The monoisotopic (exact) mass is 296 g/mol. The van der Waals surface area contributed by atoms with E-state index in [1.54, 1.807) is 12.1 Å². The van der Waals surface area contributed by atoms with Crippen LogP contribution in [0.1, 0.15) is 20.7 Å². The summed E-state index contributed by atoms with van der Waals surface area (Å²) in [6.45, 7) is 6.41. The fourth-order valence-corrected chi connectivity index (χ4v) is 1.28. The minimum absolute atomic E-state index is 0.131. The first-order chi connectivity index (χ1) is 10.5. The molecule has 6 heteroatoms. The lowest BCUT2D eigenvalue weighted by Gasteiger charge is -2.05. The molecule has 0 aromatic heterocycles. The minimum Gasteiger partial charge on any atom is -0.456 e. The summed E-state index contributed by atoms with van der Waals surface area (Å²) in [7, 11) is 0. The number of carbonyl (C=O) groups excluding carboxylic acids is 2. The first-order valence-corrected chi connectivity index (χ1v) is 6.08. The van der Waals surface area contributed by atoms with Gasteiger partial charge in [-0.3, -0.25) is 0 Å². The van der Waals surface area contributed by atoms with Crippen molar-refractivity contribution in [1.29, 1.82) is 10.5 Å². The second-order valence-electron chi connectivity index (χ2n) is 4.16. The molecule has 0 heterocycles. The van der Waals surface area contributed by atoms with E-state index in [1.807, 2.05) is 0 Å². The number of nitrogens with zero attached hydrogens (tertiary/aromatic N) is 2. The van der Waals surface area contributed by atoms with E-state index in [1.165, 1.54) is 24.3 Å². The number of nitriles is 2. The Labute approximate surface area is 127 Å². The number of rotatable bonds is 6. The summed E-state index contributed by atoms with van der Waals surface area (Å²) in [5, 5.41) is 17.0. The standard InChI is InChI=1S/C16H12N2O4/c1-11(7-17)9-21-15(19)13-3-5-14(6-4-13)16(20)22-10-12(2)8-18/h3-6H,1-2,9-10H2. The summed E-state index contributed by atoms with van der Waals surface area (Å²) < 4.78 is 9.70. The van der Waals surface area contributed by atoms with Gasteiger partial charge in [-0.25, -0.2) is 9.59 Å². The van der Waals surface area contributed by atoms with Crippen molar-refractivity contribution in [3.63, 3.8) is 0 Å². The van der Waals surface area contributed by atoms with E-state index in [2.05, 4.69) is 13.2 Å². The van der Waals surface area contributed by atoms with Crippen molar-refractivity contribution in [2.24, 2.45) is 0 Å². The van der Waals surface area contributed by atoms with Crippen LogP contribution < -0.4 is 0 Å². The molecule has 0 unspecified atom stereocenters. The van der Waals surface area contributed by atoms with Gasteiger partial charge in [-0.05, 0) is 24.3 Å². The molecular weight excluding hydrogens is 284 g/mol. The molecule has 0 spiro atoms. The largest absolute Gasteiger partial charge is 0.456 e. The maximum atomic E-state index is 11.7. The highest BCUT2D eigenvalue weighted by Crippen LogP contribution is 2.08. The quantitative estimate of drug-likeness (QED) is 0.589. The Morgan fingerprint density at radius 3 is 1.45 bits per heavy atom. The van der Waals surface area contributed by atoms with Crippen LogP contribution in [-0.2, 0) is 9.47 Å². The molecule has 0 bridgehead atoms. The van der Waals surface area contributed by atoms with Gasteiger partial charge in [0.25, 0.3) is 0 Å². The lowest BCUT2D eigenvalue weighted by atomic mass is 10.1. The summed E-state index contributed by atoms with van der Waals surface area (Å²) in [4.78, 5) is 23.3. The maximum absolute atomic E-state index is 11.7. The van der Waals surface area contributed by atoms with Crippen molar-refractivity contribution >= 4 is 11.9 Å². The van der Waals surface area contributed by atoms with E-state index in [9.17, 15) is 9.59 Å². The Morgan fingerprint density at radius 1 is 0.864 bits per heavy atom. The number of benzene rings is 1. The van der Waals surface area contributed by atoms with Crippen molar-refractivity contribution in [3.05, 3.63) is 59.7 Å². The van der Waals surface area contributed by atoms with Crippen molar-refractivity contribution in [3.8, 4) is 12.1 Å². The Morgan fingerprint density at radius 2 is 1.18 bits per heavy atom. The lowest BCUT2D eigenvalue weighted by molar-refractivity contribution is 0.0529. The second kappa shape index (κ2) is 8.03. The van der Waals surface area contributed by atoms with E-state index in [0.29, 0.717) is 0 Å². The van der Waals surface area contributed by atoms with E-state index in [0.717, 1.165) is 0 Å². The lowest BCUT2D eigenvalue weighted by Crippen LogP contribution is -2.09. The van der Waals surface area contributed by atoms with E-state index in [-0.39, 0.29) is 35.5 Å². The third-order valence-corrected chi connectivity index (χ3v) is 2.43. The van der Waals surface area contributed by atoms with Gasteiger partial charge in [0.15, 0.2) is 0 Å². The molecule has 0 atom stereocenters. The van der Waals surface area contributed by atoms with Gasteiger partial charge in [0.05, 0.1) is 34.4 Å². The number of esters is 2. The Bertz CT molecular complexity index is 629. The molecule has 0 radical (unpaired) electrons. The van der Waals surface area contributed by atoms with Gasteiger partial charge in [-0.15, -0.1) is 0 Å². The molecule has 1 aromatic rings. The number of carbonyl (C=O) groups is 2. The van der Waals surface area contributed by atoms with E-state index in [4.69, 9.17) is 20.0 Å². The van der Waals surface area contributed by atoms with Crippen molar-refractivity contribution < 1.29 is 19.1 Å². The molecular formula is C16H12N2O4. The van der Waals surface area contributed by atoms with Gasteiger partial charge in [-0.1, -0.05) is 13.2 Å². The zero-order valence-electron chi connectivity index (χ0n) is 11.7. The Balaban J connectivity index is 2.63. The minimum atomic E-state index is -0.630. The fourth-order valence-electron chi connectivity index (χ4n) is 1.28. The highest BCUT2D eigenvalue weighted by Gasteiger charge is 2.11. The molecule has 110 valence electrons. The van der Waals surface area contributed by atoms with Crippen LogP contribution >= 0.6 is 0 Å². The molecule has 0 aliphatic carbocycles. The highest BCUT2D eigenvalue weighted by molar-refractivity contribution is 5.93. The van der Waals surface area contributed by atoms with Crippen molar-refractivity contribution in [2.75, 3.05) is 13.2 Å².